The molecule has 29 heavy (non-hydrogen) atoms. The van der Waals surface area contributed by atoms with E-state index in [0.717, 1.165) is 56.1 Å². The van der Waals surface area contributed by atoms with Gasteiger partial charge in [-0.15, -0.1) is 15.3 Å². The summed E-state index contributed by atoms with van der Waals surface area (Å²) in [7, 11) is 0. The third-order valence-electron chi connectivity index (χ3n) is 6.01. The molecule has 1 aliphatic carbocycles. The average molecular weight is 400 g/mol. The van der Waals surface area contributed by atoms with E-state index in [2.05, 4.69) is 46.5 Å². The number of hydrogen-bond acceptors (Lipinski definition) is 5. The molecule has 0 atom stereocenters. The van der Waals surface area contributed by atoms with E-state index in [0.29, 0.717) is 6.04 Å². The number of aromatic nitrogens is 4. The molecule has 8 heteroatoms. The standard InChI is InChI=1S/C21H33N7O/c1-21(2,3)19-25-24-17-9-10-18(26-28(17)19)27-13-11-16(12-14-27)23-20(29)22-15-7-5-4-6-8-15/h9-10,15-16H,4-8,11-14H2,1-3H3,(H2,22,23,29). The predicted octanol–water partition coefficient (Wildman–Crippen LogP) is 3.02. The second kappa shape index (κ2) is 8.16. The smallest absolute Gasteiger partial charge is 0.315 e. The third-order valence-corrected chi connectivity index (χ3v) is 6.01. The molecule has 1 aliphatic heterocycles. The van der Waals surface area contributed by atoms with Crippen molar-refractivity contribution in [2.75, 3.05) is 18.0 Å². The van der Waals surface area contributed by atoms with Crippen molar-refractivity contribution in [1.29, 1.82) is 0 Å². The fourth-order valence-electron chi connectivity index (χ4n) is 4.33. The molecule has 2 aromatic rings. The molecule has 2 N–H and O–H groups in total. The third kappa shape index (κ3) is 4.62. The average Bonchev–Trinajstić information content (AvgIpc) is 3.13. The Morgan fingerprint density at radius 3 is 2.28 bits per heavy atom. The van der Waals surface area contributed by atoms with E-state index in [1.165, 1.54) is 19.3 Å². The number of piperidine rings is 1. The molecule has 0 aromatic carbocycles. The summed E-state index contributed by atoms with van der Waals surface area (Å²) in [5, 5.41) is 19.7. The van der Waals surface area contributed by atoms with Crippen molar-refractivity contribution < 1.29 is 4.79 Å². The molecule has 2 aliphatic rings. The first-order chi connectivity index (χ1) is 13.9. The molecular weight excluding hydrogens is 366 g/mol. The molecule has 2 aromatic heterocycles. The lowest BCUT2D eigenvalue weighted by atomic mass is 9.96. The number of nitrogens with one attached hydrogen (secondary N) is 2. The van der Waals surface area contributed by atoms with Crippen LogP contribution in [0.5, 0.6) is 0 Å². The summed E-state index contributed by atoms with van der Waals surface area (Å²) in [4.78, 5) is 14.6. The molecule has 0 spiro atoms. The Hall–Kier alpha value is -2.38. The Balaban J connectivity index is 1.34. The molecule has 0 radical (unpaired) electrons. The number of urea groups is 1. The van der Waals surface area contributed by atoms with Crippen LogP contribution in [0.4, 0.5) is 10.6 Å². The van der Waals surface area contributed by atoms with Crippen LogP contribution in [0, 0.1) is 0 Å². The summed E-state index contributed by atoms with van der Waals surface area (Å²) in [6.45, 7) is 8.10. The number of carbonyl (C=O) groups excluding carboxylic acids is 1. The van der Waals surface area contributed by atoms with Crippen LogP contribution in [-0.4, -0.2) is 51.0 Å². The summed E-state index contributed by atoms with van der Waals surface area (Å²) >= 11 is 0. The van der Waals surface area contributed by atoms with Crippen LogP contribution >= 0.6 is 0 Å². The van der Waals surface area contributed by atoms with Gasteiger partial charge in [0.2, 0.25) is 0 Å². The van der Waals surface area contributed by atoms with Gasteiger partial charge in [-0.05, 0) is 37.8 Å². The number of anilines is 1. The predicted molar refractivity (Wildman–Crippen MR) is 113 cm³/mol. The highest BCUT2D eigenvalue weighted by atomic mass is 16.2. The number of carbonyl (C=O) groups is 1. The summed E-state index contributed by atoms with van der Waals surface area (Å²) in [5.74, 6) is 1.80. The van der Waals surface area contributed by atoms with Gasteiger partial charge in [-0.25, -0.2) is 4.79 Å². The van der Waals surface area contributed by atoms with Crippen LogP contribution in [-0.2, 0) is 5.41 Å². The van der Waals surface area contributed by atoms with Crippen molar-refractivity contribution in [1.82, 2.24) is 30.4 Å². The lowest BCUT2D eigenvalue weighted by Crippen LogP contribution is -2.50. The Labute approximate surface area is 172 Å². The molecule has 0 unspecified atom stereocenters. The van der Waals surface area contributed by atoms with E-state index in [1.807, 2.05) is 16.6 Å². The van der Waals surface area contributed by atoms with Gasteiger partial charge in [-0.3, -0.25) is 0 Å². The molecule has 0 bridgehead atoms. The van der Waals surface area contributed by atoms with Gasteiger partial charge in [0.25, 0.3) is 0 Å². The van der Waals surface area contributed by atoms with Crippen molar-refractivity contribution in [3.63, 3.8) is 0 Å². The van der Waals surface area contributed by atoms with Crippen LogP contribution in [0.25, 0.3) is 5.65 Å². The first kappa shape index (κ1) is 19.9. The zero-order valence-corrected chi connectivity index (χ0v) is 17.8. The van der Waals surface area contributed by atoms with Gasteiger partial charge in [0.05, 0.1) is 0 Å². The number of rotatable bonds is 3. The van der Waals surface area contributed by atoms with Crippen molar-refractivity contribution in [3.05, 3.63) is 18.0 Å². The SMILES string of the molecule is CC(C)(C)c1nnc2ccc(N3CCC(NC(=O)NC4CCCCC4)CC3)nn12. The first-order valence-electron chi connectivity index (χ1n) is 10.9. The maximum Gasteiger partial charge on any atom is 0.315 e. The maximum absolute atomic E-state index is 12.3. The van der Waals surface area contributed by atoms with Gasteiger partial charge >= 0.3 is 6.03 Å². The van der Waals surface area contributed by atoms with Crippen molar-refractivity contribution >= 4 is 17.5 Å². The quantitative estimate of drug-likeness (QED) is 0.828. The number of amides is 2. The van der Waals surface area contributed by atoms with Crippen LogP contribution in [0.15, 0.2) is 12.1 Å². The number of hydrogen-bond donors (Lipinski definition) is 2. The normalized spacial score (nSPS) is 19.5. The minimum atomic E-state index is -0.117. The Morgan fingerprint density at radius 1 is 0.966 bits per heavy atom. The highest BCUT2D eigenvalue weighted by Crippen LogP contribution is 2.23. The van der Waals surface area contributed by atoms with Gasteiger partial charge in [-0.1, -0.05) is 40.0 Å². The minimum absolute atomic E-state index is 0.00537. The maximum atomic E-state index is 12.3. The van der Waals surface area contributed by atoms with Gasteiger partial charge < -0.3 is 15.5 Å². The molecular formula is C21H33N7O. The minimum Gasteiger partial charge on any atom is -0.355 e. The second-order valence-electron chi connectivity index (χ2n) is 9.45. The molecule has 2 amide bonds. The topological polar surface area (TPSA) is 87.5 Å². The van der Waals surface area contributed by atoms with Crippen LogP contribution in [0.3, 0.4) is 0 Å². The molecule has 1 saturated carbocycles. The summed E-state index contributed by atoms with van der Waals surface area (Å²) in [6, 6.07) is 4.56. The zero-order chi connectivity index (χ0) is 20.4. The molecule has 4 rings (SSSR count). The molecule has 3 heterocycles. The van der Waals surface area contributed by atoms with E-state index in [4.69, 9.17) is 5.10 Å². The van der Waals surface area contributed by atoms with Gasteiger partial charge in [0.1, 0.15) is 5.82 Å². The number of nitrogens with zero attached hydrogens (tertiary/aromatic N) is 5. The van der Waals surface area contributed by atoms with Gasteiger partial charge in [0.15, 0.2) is 11.5 Å². The lowest BCUT2D eigenvalue weighted by molar-refractivity contribution is 0.226. The Morgan fingerprint density at radius 2 is 1.62 bits per heavy atom. The Bertz CT molecular complexity index is 842. The molecule has 1 saturated heterocycles. The van der Waals surface area contributed by atoms with Crippen molar-refractivity contribution in [2.45, 2.75) is 83.2 Å². The highest BCUT2D eigenvalue weighted by Gasteiger charge is 2.25. The monoisotopic (exact) mass is 399 g/mol. The van der Waals surface area contributed by atoms with E-state index in [-0.39, 0.29) is 17.5 Å². The number of fused-ring (bicyclic) bond motifs is 1. The summed E-state index contributed by atoms with van der Waals surface area (Å²) in [6.07, 6.45) is 7.82. The fraction of sp³-hybridized carbons (Fsp3) is 0.714. The van der Waals surface area contributed by atoms with Crippen molar-refractivity contribution in [2.24, 2.45) is 0 Å². The zero-order valence-electron chi connectivity index (χ0n) is 17.8. The van der Waals surface area contributed by atoms with Crippen LogP contribution in [0.2, 0.25) is 0 Å². The molecule has 8 nitrogen and oxygen atoms in total. The van der Waals surface area contributed by atoms with E-state index in [9.17, 15) is 4.79 Å². The van der Waals surface area contributed by atoms with E-state index >= 15 is 0 Å². The first-order valence-corrected chi connectivity index (χ1v) is 10.9. The van der Waals surface area contributed by atoms with Gasteiger partial charge in [0, 0.05) is 30.6 Å². The largest absolute Gasteiger partial charge is 0.355 e. The molecule has 158 valence electrons. The molecule has 2 fully saturated rings. The van der Waals surface area contributed by atoms with Crippen molar-refractivity contribution in [3.8, 4) is 0 Å². The summed E-state index contributed by atoms with van der Waals surface area (Å²) in [5.41, 5.74) is 0.655. The second-order valence-corrected chi connectivity index (χ2v) is 9.45. The summed E-state index contributed by atoms with van der Waals surface area (Å²) < 4.78 is 1.86. The lowest BCUT2D eigenvalue weighted by Gasteiger charge is -2.33. The van der Waals surface area contributed by atoms with E-state index < -0.39 is 0 Å². The van der Waals surface area contributed by atoms with Crippen LogP contribution < -0.4 is 15.5 Å². The van der Waals surface area contributed by atoms with E-state index in [1.54, 1.807) is 0 Å². The highest BCUT2D eigenvalue weighted by molar-refractivity contribution is 5.74. The van der Waals surface area contributed by atoms with Gasteiger partial charge in [-0.2, -0.15) is 4.52 Å². The fourth-order valence-corrected chi connectivity index (χ4v) is 4.33. The van der Waals surface area contributed by atoms with Crippen LogP contribution in [0.1, 0.15) is 71.5 Å². The Kier molecular flexibility index (Phi) is 5.61.